The van der Waals surface area contributed by atoms with E-state index in [1.54, 1.807) is 18.3 Å². The van der Waals surface area contributed by atoms with Gasteiger partial charge in [-0.1, -0.05) is 23.7 Å². The van der Waals surface area contributed by atoms with Gasteiger partial charge in [-0.05, 0) is 23.7 Å². The Morgan fingerprint density at radius 1 is 1.31 bits per heavy atom. The number of aromatic nitrogens is 1. The van der Waals surface area contributed by atoms with Gasteiger partial charge in [-0.2, -0.15) is 0 Å². The van der Waals surface area contributed by atoms with Crippen molar-refractivity contribution in [2.75, 3.05) is 0 Å². The second kappa shape index (κ2) is 3.05. The molecule has 0 saturated heterocycles. The molecule has 0 fully saturated rings. The third-order valence-electron chi connectivity index (χ3n) is 1.85. The van der Waals surface area contributed by atoms with Gasteiger partial charge < -0.3 is 0 Å². The van der Waals surface area contributed by atoms with Crippen molar-refractivity contribution in [3.05, 3.63) is 35.5 Å². The lowest BCUT2D eigenvalue weighted by Gasteiger charge is -1.98. The van der Waals surface area contributed by atoms with Crippen molar-refractivity contribution in [3.8, 4) is 0 Å². The lowest BCUT2D eigenvalue weighted by molar-refractivity contribution is 0.261. The molecule has 1 heterocycles. The fraction of sp³-hybridized carbons (Fsp3) is 0. The highest BCUT2D eigenvalue weighted by atomic mass is 35.5. The number of halogens is 2. The van der Waals surface area contributed by atoms with Crippen LogP contribution in [0.3, 0.4) is 0 Å². The molecule has 13 heavy (non-hydrogen) atoms. The molecule has 0 aliphatic rings. The van der Waals surface area contributed by atoms with Crippen LogP contribution in [0.4, 0.5) is 4.79 Å². The number of rotatable bonds is 0. The molecule has 0 N–H and O–H groups in total. The van der Waals surface area contributed by atoms with E-state index < -0.39 is 5.37 Å². The van der Waals surface area contributed by atoms with E-state index >= 15 is 0 Å². The summed E-state index contributed by atoms with van der Waals surface area (Å²) in [5.74, 6) is 0. The Morgan fingerprint density at radius 2 is 2.08 bits per heavy atom. The van der Waals surface area contributed by atoms with E-state index in [1.807, 2.05) is 12.1 Å². The Balaban J connectivity index is 2.86. The highest BCUT2D eigenvalue weighted by Gasteiger charge is 2.08. The van der Waals surface area contributed by atoms with Gasteiger partial charge in [-0.3, -0.25) is 9.36 Å². The molecule has 0 aliphatic carbocycles. The minimum absolute atomic E-state index is 0.525. The number of hydrogen-bond acceptors (Lipinski definition) is 1. The van der Waals surface area contributed by atoms with Crippen molar-refractivity contribution in [1.29, 1.82) is 0 Å². The topological polar surface area (TPSA) is 22.0 Å². The molecule has 0 atom stereocenters. The second-order valence-corrected chi connectivity index (χ2v) is 3.35. The van der Waals surface area contributed by atoms with E-state index in [9.17, 15) is 4.79 Å². The molecule has 0 bridgehead atoms. The quantitative estimate of drug-likeness (QED) is 0.615. The van der Waals surface area contributed by atoms with E-state index in [1.165, 1.54) is 4.57 Å². The highest BCUT2D eigenvalue weighted by Crippen LogP contribution is 2.24. The largest absolute Gasteiger partial charge is 0.324 e. The minimum atomic E-state index is -0.553. The fourth-order valence-electron chi connectivity index (χ4n) is 1.30. The van der Waals surface area contributed by atoms with Gasteiger partial charge in [-0.25, -0.2) is 0 Å². The Kier molecular flexibility index (Phi) is 2.02. The molecule has 2 rings (SSSR count). The molecule has 2 aromatic rings. The number of fused-ring (bicyclic) bond motifs is 1. The predicted molar refractivity (Wildman–Crippen MR) is 53.6 cm³/mol. The van der Waals surface area contributed by atoms with Crippen LogP contribution < -0.4 is 0 Å². The maximum atomic E-state index is 10.9. The number of hydrogen-bond donors (Lipinski definition) is 0. The van der Waals surface area contributed by atoms with Gasteiger partial charge in [0, 0.05) is 11.6 Å². The van der Waals surface area contributed by atoms with Crippen molar-refractivity contribution in [2.24, 2.45) is 0 Å². The van der Waals surface area contributed by atoms with Crippen LogP contribution in [-0.2, 0) is 0 Å². The first-order valence-corrected chi connectivity index (χ1v) is 4.41. The predicted octanol–water partition coefficient (Wildman–Crippen LogP) is 3.50. The molecular formula is C9H5Cl2NO. The van der Waals surface area contributed by atoms with Crippen LogP contribution in [0.1, 0.15) is 0 Å². The zero-order valence-electron chi connectivity index (χ0n) is 6.50. The van der Waals surface area contributed by atoms with E-state index in [0.717, 1.165) is 5.39 Å². The third kappa shape index (κ3) is 1.32. The maximum absolute atomic E-state index is 10.9. The van der Waals surface area contributed by atoms with Crippen molar-refractivity contribution in [1.82, 2.24) is 4.57 Å². The first kappa shape index (κ1) is 8.60. The van der Waals surface area contributed by atoms with E-state index in [0.29, 0.717) is 10.5 Å². The van der Waals surface area contributed by atoms with Crippen LogP contribution in [-0.4, -0.2) is 9.93 Å². The first-order chi connectivity index (χ1) is 6.20. The summed E-state index contributed by atoms with van der Waals surface area (Å²) in [6.07, 6.45) is 1.60. The summed E-state index contributed by atoms with van der Waals surface area (Å²) in [7, 11) is 0. The average molecular weight is 214 g/mol. The van der Waals surface area contributed by atoms with Gasteiger partial charge in [0.2, 0.25) is 0 Å². The van der Waals surface area contributed by atoms with Gasteiger partial charge in [0.1, 0.15) is 0 Å². The molecule has 0 radical (unpaired) electrons. The Labute approximate surface area is 84.7 Å². The summed E-state index contributed by atoms with van der Waals surface area (Å²) in [6.45, 7) is 0. The molecule has 0 amide bonds. The maximum Gasteiger partial charge on any atom is 0.324 e. The Morgan fingerprint density at radius 3 is 2.77 bits per heavy atom. The molecule has 0 saturated carbocycles. The van der Waals surface area contributed by atoms with Crippen molar-refractivity contribution in [3.63, 3.8) is 0 Å². The van der Waals surface area contributed by atoms with Crippen molar-refractivity contribution >= 4 is 39.5 Å². The van der Waals surface area contributed by atoms with Gasteiger partial charge in [-0.15, -0.1) is 0 Å². The third-order valence-corrected chi connectivity index (χ3v) is 2.34. The molecule has 1 aromatic carbocycles. The lowest BCUT2D eigenvalue weighted by Crippen LogP contribution is -1.98. The van der Waals surface area contributed by atoms with Crippen molar-refractivity contribution in [2.45, 2.75) is 0 Å². The van der Waals surface area contributed by atoms with Crippen LogP contribution in [0.5, 0.6) is 0 Å². The zero-order valence-corrected chi connectivity index (χ0v) is 8.01. The van der Waals surface area contributed by atoms with Gasteiger partial charge in [0.05, 0.1) is 10.5 Å². The minimum Gasteiger partial charge on any atom is -0.272 e. The molecule has 66 valence electrons. The summed E-state index contributed by atoms with van der Waals surface area (Å²) in [5.41, 5.74) is 0.657. The van der Waals surface area contributed by atoms with Crippen LogP contribution in [0.25, 0.3) is 10.9 Å². The summed E-state index contributed by atoms with van der Waals surface area (Å²) >= 11 is 11.3. The summed E-state index contributed by atoms with van der Waals surface area (Å²) in [4.78, 5) is 10.9. The Hall–Kier alpha value is -0.990. The van der Waals surface area contributed by atoms with E-state index in [-0.39, 0.29) is 0 Å². The smallest absolute Gasteiger partial charge is 0.272 e. The van der Waals surface area contributed by atoms with E-state index in [4.69, 9.17) is 23.2 Å². The molecule has 0 unspecified atom stereocenters. The number of nitrogens with zero attached hydrogens (tertiary/aromatic N) is 1. The van der Waals surface area contributed by atoms with E-state index in [2.05, 4.69) is 0 Å². The number of para-hydroxylation sites is 1. The molecular weight excluding hydrogens is 209 g/mol. The van der Waals surface area contributed by atoms with Gasteiger partial charge >= 0.3 is 5.37 Å². The number of carbonyl (C=O) groups is 1. The first-order valence-electron chi connectivity index (χ1n) is 3.65. The summed E-state index contributed by atoms with van der Waals surface area (Å²) in [5, 5.41) is 0.876. The fourth-order valence-corrected chi connectivity index (χ4v) is 1.71. The van der Waals surface area contributed by atoms with Crippen molar-refractivity contribution < 1.29 is 4.79 Å². The van der Waals surface area contributed by atoms with Crippen LogP contribution in [0.2, 0.25) is 5.02 Å². The Bertz CT molecular complexity index is 475. The molecule has 2 nitrogen and oxygen atoms in total. The van der Waals surface area contributed by atoms with Crippen LogP contribution in [0.15, 0.2) is 30.5 Å². The van der Waals surface area contributed by atoms with Crippen LogP contribution in [0, 0.1) is 0 Å². The zero-order chi connectivity index (χ0) is 9.42. The standard InChI is InChI=1S/C9H5Cl2NO/c10-7-3-1-2-6-4-5-12(8(6)7)9(11)13/h1-5H. The van der Waals surface area contributed by atoms with Crippen LogP contribution >= 0.6 is 23.2 Å². The number of carbonyl (C=O) groups excluding carboxylic acids is 1. The molecule has 0 spiro atoms. The molecule has 1 aromatic heterocycles. The normalized spacial score (nSPS) is 10.6. The van der Waals surface area contributed by atoms with Gasteiger partial charge in [0.15, 0.2) is 0 Å². The van der Waals surface area contributed by atoms with Gasteiger partial charge in [0.25, 0.3) is 0 Å². The molecule has 4 heteroatoms. The summed E-state index contributed by atoms with van der Waals surface area (Å²) < 4.78 is 1.32. The average Bonchev–Trinajstić information content (AvgIpc) is 2.49. The highest BCUT2D eigenvalue weighted by molar-refractivity contribution is 6.64. The summed E-state index contributed by atoms with van der Waals surface area (Å²) in [6, 6.07) is 7.22. The monoisotopic (exact) mass is 213 g/mol. The second-order valence-electron chi connectivity index (χ2n) is 2.62. The SMILES string of the molecule is O=C(Cl)n1ccc2cccc(Cl)c21. The number of benzene rings is 1. The molecule has 0 aliphatic heterocycles. The lowest BCUT2D eigenvalue weighted by atomic mass is 10.2.